The van der Waals surface area contributed by atoms with Gasteiger partial charge in [-0.15, -0.1) is 0 Å². The van der Waals surface area contributed by atoms with E-state index in [0.29, 0.717) is 31.5 Å². The van der Waals surface area contributed by atoms with E-state index >= 15 is 0 Å². The Labute approximate surface area is 195 Å². The number of para-hydroxylation sites is 1. The number of aromatic amines is 1. The van der Waals surface area contributed by atoms with Crippen LogP contribution in [0.2, 0.25) is 0 Å². The Balaban J connectivity index is 1.23. The molecule has 0 bridgehead atoms. The van der Waals surface area contributed by atoms with E-state index in [1.165, 1.54) is 30.5 Å². The van der Waals surface area contributed by atoms with Gasteiger partial charge in [0.1, 0.15) is 0 Å². The van der Waals surface area contributed by atoms with Gasteiger partial charge in [0.15, 0.2) is 0 Å². The number of ether oxygens (including phenoxy) is 1. The van der Waals surface area contributed by atoms with Gasteiger partial charge in [-0.1, -0.05) is 42.5 Å². The van der Waals surface area contributed by atoms with Gasteiger partial charge in [0.25, 0.3) is 0 Å². The maximum Gasteiger partial charge on any atom is 0.228 e. The highest BCUT2D eigenvalue weighted by atomic mass is 16.5. The minimum Gasteiger partial charge on any atom is -0.383 e. The molecular formula is C27H34N4O2. The van der Waals surface area contributed by atoms with Gasteiger partial charge >= 0.3 is 0 Å². The van der Waals surface area contributed by atoms with Gasteiger partial charge in [0, 0.05) is 38.2 Å². The zero-order valence-corrected chi connectivity index (χ0v) is 19.5. The predicted molar refractivity (Wildman–Crippen MR) is 130 cm³/mol. The Bertz CT molecular complexity index is 1070. The van der Waals surface area contributed by atoms with E-state index in [-0.39, 0.29) is 5.91 Å². The average molecular weight is 447 g/mol. The van der Waals surface area contributed by atoms with E-state index in [1.54, 1.807) is 7.11 Å². The molecule has 1 aliphatic heterocycles. The van der Waals surface area contributed by atoms with Crippen LogP contribution in [0, 0.1) is 5.92 Å². The molecule has 1 fully saturated rings. The van der Waals surface area contributed by atoms with Crippen LogP contribution in [0.1, 0.15) is 29.7 Å². The third-order valence-corrected chi connectivity index (χ3v) is 7.36. The number of rotatable bonds is 8. The molecule has 1 saturated heterocycles. The standard InChI is InChI=1S/C27H34N4O2/c1-33-14-13-31(27(32)17-26-24-10-4-5-11-25(24)28-29-26)19-20-7-6-12-30(18-20)23-15-21-8-2-3-9-22(21)16-23/h2-5,8-11,20,23H,6-7,12-19H2,1H3,(H,28,29)/t20-/m1/s1. The molecule has 1 aromatic heterocycles. The van der Waals surface area contributed by atoms with E-state index < -0.39 is 0 Å². The van der Waals surface area contributed by atoms with Crippen LogP contribution in [0.4, 0.5) is 0 Å². The first kappa shape index (κ1) is 22.1. The van der Waals surface area contributed by atoms with Crippen molar-refractivity contribution in [3.05, 3.63) is 65.4 Å². The monoisotopic (exact) mass is 446 g/mol. The number of carbonyl (C=O) groups is 1. The second kappa shape index (κ2) is 10.1. The number of hydrogen-bond acceptors (Lipinski definition) is 4. The van der Waals surface area contributed by atoms with Crippen molar-refractivity contribution in [2.24, 2.45) is 5.92 Å². The maximum absolute atomic E-state index is 13.3. The first-order chi connectivity index (χ1) is 16.2. The van der Waals surface area contributed by atoms with Crippen LogP contribution in [-0.2, 0) is 28.8 Å². The lowest BCUT2D eigenvalue weighted by Gasteiger charge is -2.38. The molecule has 6 heteroatoms. The minimum atomic E-state index is 0.145. The molecule has 1 atom stereocenters. The Morgan fingerprint density at radius 1 is 1.15 bits per heavy atom. The van der Waals surface area contributed by atoms with Gasteiger partial charge in [0.05, 0.1) is 24.2 Å². The minimum absolute atomic E-state index is 0.145. The number of piperidine rings is 1. The highest BCUT2D eigenvalue weighted by Gasteiger charge is 2.31. The van der Waals surface area contributed by atoms with E-state index in [4.69, 9.17) is 4.74 Å². The van der Waals surface area contributed by atoms with E-state index in [2.05, 4.69) is 39.4 Å². The average Bonchev–Trinajstić information content (AvgIpc) is 3.46. The molecule has 0 saturated carbocycles. The number of amides is 1. The summed E-state index contributed by atoms with van der Waals surface area (Å²) in [4.78, 5) is 18.0. The van der Waals surface area contributed by atoms with E-state index in [0.717, 1.165) is 42.5 Å². The quantitative estimate of drug-likeness (QED) is 0.576. The number of hydrogen-bond donors (Lipinski definition) is 1. The summed E-state index contributed by atoms with van der Waals surface area (Å²) in [5.74, 6) is 0.647. The number of fused-ring (bicyclic) bond motifs is 2. The largest absolute Gasteiger partial charge is 0.383 e. The molecule has 0 spiro atoms. The number of nitrogens with zero attached hydrogens (tertiary/aromatic N) is 3. The first-order valence-corrected chi connectivity index (χ1v) is 12.2. The third kappa shape index (κ3) is 4.97. The summed E-state index contributed by atoms with van der Waals surface area (Å²) in [6, 6.07) is 17.4. The second-order valence-corrected chi connectivity index (χ2v) is 9.56. The van der Waals surface area contributed by atoms with Crippen molar-refractivity contribution in [1.29, 1.82) is 0 Å². The lowest BCUT2D eigenvalue weighted by molar-refractivity contribution is -0.132. The van der Waals surface area contributed by atoms with Crippen molar-refractivity contribution in [3.63, 3.8) is 0 Å². The van der Waals surface area contributed by atoms with Crippen LogP contribution < -0.4 is 0 Å². The molecule has 0 radical (unpaired) electrons. The molecule has 1 amide bonds. The summed E-state index contributed by atoms with van der Waals surface area (Å²) in [5, 5.41) is 8.46. The van der Waals surface area contributed by atoms with Crippen LogP contribution in [0.15, 0.2) is 48.5 Å². The molecule has 33 heavy (non-hydrogen) atoms. The van der Waals surface area contributed by atoms with Crippen molar-refractivity contribution in [1.82, 2.24) is 20.0 Å². The molecule has 1 aliphatic carbocycles. The molecule has 6 nitrogen and oxygen atoms in total. The Hall–Kier alpha value is -2.70. The molecular weight excluding hydrogens is 412 g/mol. The van der Waals surface area contributed by atoms with Crippen molar-refractivity contribution in [3.8, 4) is 0 Å². The van der Waals surface area contributed by atoms with Gasteiger partial charge < -0.3 is 9.64 Å². The summed E-state index contributed by atoms with van der Waals surface area (Å²) >= 11 is 0. The third-order valence-electron chi connectivity index (χ3n) is 7.36. The van der Waals surface area contributed by atoms with Gasteiger partial charge in [0.2, 0.25) is 5.91 Å². The number of benzene rings is 2. The van der Waals surface area contributed by atoms with Crippen molar-refractivity contribution < 1.29 is 9.53 Å². The Kier molecular flexibility index (Phi) is 6.74. The fraction of sp³-hybridized carbons (Fsp3) is 0.481. The number of likely N-dealkylation sites (tertiary alicyclic amines) is 1. The highest BCUT2D eigenvalue weighted by molar-refractivity contribution is 5.87. The Morgan fingerprint density at radius 3 is 2.70 bits per heavy atom. The molecule has 3 aromatic rings. The first-order valence-electron chi connectivity index (χ1n) is 12.2. The number of methoxy groups -OCH3 is 1. The SMILES string of the molecule is COCCN(C[C@@H]1CCCN(C2Cc3ccccc3C2)C1)C(=O)Cc1[nH]nc2ccccc12. The molecule has 5 rings (SSSR count). The zero-order valence-electron chi connectivity index (χ0n) is 19.5. The lowest BCUT2D eigenvalue weighted by Crippen LogP contribution is -2.47. The van der Waals surface area contributed by atoms with Gasteiger partial charge in [-0.3, -0.25) is 14.8 Å². The predicted octanol–water partition coefficient (Wildman–Crippen LogP) is 3.46. The lowest BCUT2D eigenvalue weighted by atomic mass is 9.95. The fourth-order valence-electron chi connectivity index (χ4n) is 5.61. The van der Waals surface area contributed by atoms with Crippen LogP contribution >= 0.6 is 0 Å². The van der Waals surface area contributed by atoms with Crippen molar-refractivity contribution in [2.75, 3.05) is 39.9 Å². The molecule has 2 heterocycles. The number of H-pyrrole nitrogens is 1. The number of nitrogens with one attached hydrogen (secondary N) is 1. The summed E-state index contributed by atoms with van der Waals surface area (Å²) in [6.45, 7) is 4.23. The fourth-order valence-corrected chi connectivity index (χ4v) is 5.61. The molecule has 2 aliphatic rings. The Morgan fingerprint density at radius 2 is 1.91 bits per heavy atom. The van der Waals surface area contributed by atoms with Crippen LogP contribution in [0.3, 0.4) is 0 Å². The van der Waals surface area contributed by atoms with E-state index in [9.17, 15) is 4.79 Å². The smallest absolute Gasteiger partial charge is 0.228 e. The highest BCUT2D eigenvalue weighted by Crippen LogP contribution is 2.29. The zero-order chi connectivity index (χ0) is 22.6. The van der Waals surface area contributed by atoms with Crippen LogP contribution in [0.25, 0.3) is 10.9 Å². The molecule has 174 valence electrons. The normalized spacial score (nSPS) is 19.1. The van der Waals surface area contributed by atoms with Crippen molar-refractivity contribution >= 4 is 16.8 Å². The van der Waals surface area contributed by atoms with Gasteiger partial charge in [-0.25, -0.2) is 0 Å². The second-order valence-electron chi connectivity index (χ2n) is 9.56. The van der Waals surface area contributed by atoms with Gasteiger partial charge in [-0.2, -0.15) is 5.10 Å². The van der Waals surface area contributed by atoms with E-state index in [1.807, 2.05) is 29.2 Å². The summed E-state index contributed by atoms with van der Waals surface area (Å²) in [5.41, 5.74) is 4.82. The topological polar surface area (TPSA) is 61.5 Å². The summed E-state index contributed by atoms with van der Waals surface area (Å²) < 4.78 is 5.33. The van der Waals surface area contributed by atoms with Gasteiger partial charge in [-0.05, 0) is 55.3 Å². The molecule has 2 aromatic carbocycles. The van der Waals surface area contributed by atoms with Crippen molar-refractivity contribution in [2.45, 2.75) is 38.1 Å². The molecule has 1 N–H and O–H groups in total. The number of aromatic nitrogens is 2. The van der Waals surface area contributed by atoms with Crippen LogP contribution in [0.5, 0.6) is 0 Å². The van der Waals surface area contributed by atoms with Crippen LogP contribution in [-0.4, -0.2) is 71.8 Å². The summed E-state index contributed by atoms with van der Waals surface area (Å²) in [6.07, 6.45) is 5.04. The summed E-state index contributed by atoms with van der Waals surface area (Å²) in [7, 11) is 1.70. The maximum atomic E-state index is 13.3. The number of carbonyl (C=O) groups excluding carboxylic acids is 1. The molecule has 0 unspecified atom stereocenters.